The van der Waals surface area contributed by atoms with E-state index in [1.165, 1.54) is 12.1 Å². The molecule has 0 N–H and O–H groups in total. The number of piperazine rings is 1. The number of anilines is 1. The number of halogens is 2. The summed E-state index contributed by atoms with van der Waals surface area (Å²) in [6.45, 7) is 15.4. The molecule has 2 atom stereocenters. The second kappa shape index (κ2) is 13.0. The van der Waals surface area contributed by atoms with Gasteiger partial charge >= 0.3 is 5.69 Å². The number of likely N-dealkylation sites (tertiary alicyclic amines) is 1. The molecular weight excluding hydrogens is 603 g/mol. The highest BCUT2D eigenvalue weighted by Crippen LogP contribution is 2.37. The van der Waals surface area contributed by atoms with Gasteiger partial charge in [0.05, 0.1) is 21.8 Å². The lowest BCUT2D eigenvalue weighted by Crippen LogP contribution is -2.58. The van der Waals surface area contributed by atoms with Gasteiger partial charge < -0.3 is 9.80 Å². The maximum absolute atomic E-state index is 15.2. The summed E-state index contributed by atoms with van der Waals surface area (Å²) in [6, 6.07) is 14.0. The van der Waals surface area contributed by atoms with Crippen LogP contribution in [0.1, 0.15) is 57.6 Å². The quantitative estimate of drug-likeness (QED) is 0.212. The highest BCUT2D eigenvalue weighted by molar-refractivity contribution is 6.33. The monoisotopic (exact) mass is 642 g/mol. The summed E-state index contributed by atoms with van der Waals surface area (Å²) in [5.41, 5.74) is 3.15. The van der Waals surface area contributed by atoms with Crippen molar-refractivity contribution in [3.05, 3.63) is 93.6 Å². The summed E-state index contributed by atoms with van der Waals surface area (Å²) in [6.07, 6.45) is 3.62. The fourth-order valence-corrected chi connectivity index (χ4v) is 7.13. The Balaban J connectivity index is 1.63. The van der Waals surface area contributed by atoms with Gasteiger partial charge in [-0.3, -0.25) is 9.69 Å². The smallest absolute Gasteiger partial charge is 0.349 e. The number of amides is 1. The van der Waals surface area contributed by atoms with Crippen molar-refractivity contribution in [3.8, 4) is 16.9 Å². The average Bonchev–Trinajstić information content (AvgIpc) is 3.55. The Hall–Kier alpha value is -4.08. The van der Waals surface area contributed by atoms with Gasteiger partial charge in [0, 0.05) is 37.3 Å². The van der Waals surface area contributed by atoms with E-state index >= 15 is 4.39 Å². The lowest BCUT2D eigenvalue weighted by Gasteiger charge is -2.44. The predicted molar refractivity (Wildman–Crippen MR) is 182 cm³/mol. The Bertz CT molecular complexity index is 1870. The fraction of sp³-hybridized carbons (Fsp3) is 0.389. The van der Waals surface area contributed by atoms with Crippen LogP contribution in [0, 0.1) is 5.82 Å². The lowest BCUT2D eigenvalue weighted by molar-refractivity contribution is -0.128. The van der Waals surface area contributed by atoms with Gasteiger partial charge in [-0.2, -0.15) is 4.98 Å². The lowest BCUT2D eigenvalue weighted by atomic mass is 9.97. The molecule has 8 nitrogen and oxygen atoms in total. The fourth-order valence-electron chi connectivity index (χ4n) is 6.87. The molecule has 2 aromatic heterocycles. The third-order valence-electron chi connectivity index (χ3n) is 9.24. The summed E-state index contributed by atoms with van der Waals surface area (Å²) < 4.78 is 16.8. The number of carbonyl (C=O) groups is 1. The van der Waals surface area contributed by atoms with Crippen molar-refractivity contribution in [2.45, 2.75) is 65.1 Å². The van der Waals surface area contributed by atoms with Crippen molar-refractivity contribution in [1.29, 1.82) is 0 Å². The minimum Gasteiger partial charge on any atom is -0.349 e. The Morgan fingerprint density at radius 3 is 2.50 bits per heavy atom. The molecule has 4 heterocycles. The summed E-state index contributed by atoms with van der Waals surface area (Å²) >= 11 is 6.90. The van der Waals surface area contributed by atoms with E-state index in [1.807, 2.05) is 30.9 Å². The third-order valence-corrected chi connectivity index (χ3v) is 9.52. The molecule has 0 aliphatic carbocycles. The van der Waals surface area contributed by atoms with Crippen LogP contribution in [0.4, 0.5) is 10.2 Å². The Morgan fingerprint density at radius 1 is 1.07 bits per heavy atom. The van der Waals surface area contributed by atoms with Crippen LogP contribution in [0.5, 0.6) is 0 Å². The SMILES string of the molecule is C=CC(=O)N1CC(C)N(c2nc(=O)n(-c3c(CN4CCCC4)cccc3C(C)C)c3nc(-c4ccccc4F)c(Cl)cc23)CC1C. The molecule has 2 aromatic carbocycles. The first-order chi connectivity index (χ1) is 22.1. The van der Waals surface area contributed by atoms with Gasteiger partial charge in [-0.15, -0.1) is 0 Å². The molecule has 0 bridgehead atoms. The van der Waals surface area contributed by atoms with Crippen LogP contribution < -0.4 is 10.6 Å². The van der Waals surface area contributed by atoms with Gasteiger partial charge in [0.2, 0.25) is 5.91 Å². The average molecular weight is 643 g/mol. The van der Waals surface area contributed by atoms with Crippen molar-refractivity contribution < 1.29 is 9.18 Å². The predicted octanol–water partition coefficient (Wildman–Crippen LogP) is 6.57. The van der Waals surface area contributed by atoms with E-state index in [0.717, 1.165) is 42.7 Å². The number of nitrogens with zero attached hydrogens (tertiary/aromatic N) is 6. The van der Waals surface area contributed by atoms with Crippen molar-refractivity contribution >= 4 is 34.4 Å². The van der Waals surface area contributed by atoms with E-state index in [-0.39, 0.29) is 40.2 Å². The molecule has 46 heavy (non-hydrogen) atoms. The number of rotatable bonds is 7. The first-order valence-electron chi connectivity index (χ1n) is 16.0. The third kappa shape index (κ3) is 5.82. The Morgan fingerprint density at radius 2 is 1.80 bits per heavy atom. The van der Waals surface area contributed by atoms with E-state index in [9.17, 15) is 9.59 Å². The van der Waals surface area contributed by atoms with Crippen LogP contribution in [-0.2, 0) is 11.3 Å². The molecular formula is C36H40ClFN6O2. The number of benzene rings is 2. The summed E-state index contributed by atoms with van der Waals surface area (Å²) in [4.78, 5) is 43.0. The van der Waals surface area contributed by atoms with Crippen molar-refractivity contribution in [1.82, 2.24) is 24.3 Å². The van der Waals surface area contributed by atoms with E-state index in [1.54, 1.807) is 33.7 Å². The molecule has 2 unspecified atom stereocenters. The number of para-hydroxylation sites is 1. The van der Waals surface area contributed by atoms with Crippen LogP contribution >= 0.6 is 11.6 Å². The molecule has 2 aliphatic heterocycles. The molecule has 2 fully saturated rings. The molecule has 1 amide bonds. The zero-order valence-electron chi connectivity index (χ0n) is 26.8. The van der Waals surface area contributed by atoms with Gasteiger partial charge in [-0.25, -0.2) is 18.7 Å². The summed E-state index contributed by atoms with van der Waals surface area (Å²) in [5, 5.41) is 0.833. The van der Waals surface area contributed by atoms with Gasteiger partial charge in [0.1, 0.15) is 11.6 Å². The first-order valence-corrected chi connectivity index (χ1v) is 16.4. The second-order valence-corrected chi connectivity index (χ2v) is 13.2. The summed E-state index contributed by atoms with van der Waals surface area (Å²) in [5.74, 6) is -0.0479. The number of carbonyl (C=O) groups excluding carboxylic acids is 1. The molecule has 2 saturated heterocycles. The maximum Gasteiger partial charge on any atom is 0.355 e. The van der Waals surface area contributed by atoms with Gasteiger partial charge in [-0.05, 0) is 81.1 Å². The van der Waals surface area contributed by atoms with Crippen LogP contribution in [0.25, 0.3) is 28.0 Å². The highest BCUT2D eigenvalue weighted by atomic mass is 35.5. The van der Waals surface area contributed by atoms with Crippen LogP contribution in [0.2, 0.25) is 5.02 Å². The van der Waals surface area contributed by atoms with Crippen molar-refractivity contribution in [3.63, 3.8) is 0 Å². The standard InChI is InChI=1S/C36H40ClFN6O2/c1-6-31(45)42-19-24(5)43(20-23(42)4)34-28-18-29(37)32(27-13-7-8-15-30(27)38)39-35(28)44(36(46)40-34)33-25(21-41-16-9-10-17-41)12-11-14-26(33)22(2)3/h6-8,11-15,18,22-24H,1,9-10,16-17,19-21H2,2-5H3. The number of pyridine rings is 1. The van der Waals surface area contributed by atoms with Gasteiger partial charge in [0.15, 0.2) is 5.65 Å². The number of fused-ring (bicyclic) bond motifs is 1. The zero-order valence-corrected chi connectivity index (χ0v) is 27.6. The molecule has 0 radical (unpaired) electrons. The first kappa shape index (κ1) is 31.9. The number of hydrogen-bond acceptors (Lipinski definition) is 6. The second-order valence-electron chi connectivity index (χ2n) is 12.8. The van der Waals surface area contributed by atoms with E-state index in [4.69, 9.17) is 21.6 Å². The van der Waals surface area contributed by atoms with Gasteiger partial charge in [0.25, 0.3) is 0 Å². The highest BCUT2D eigenvalue weighted by Gasteiger charge is 2.34. The Labute approximate surface area is 274 Å². The molecule has 0 spiro atoms. The maximum atomic E-state index is 15.2. The molecule has 2 aliphatic rings. The molecule has 240 valence electrons. The zero-order chi connectivity index (χ0) is 32.7. The number of hydrogen-bond donors (Lipinski definition) is 0. The molecule has 10 heteroatoms. The number of aromatic nitrogens is 3. The van der Waals surface area contributed by atoms with E-state index in [0.29, 0.717) is 36.5 Å². The van der Waals surface area contributed by atoms with Crippen LogP contribution in [-0.4, -0.2) is 68.5 Å². The van der Waals surface area contributed by atoms with Crippen molar-refractivity contribution in [2.75, 3.05) is 31.1 Å². The minimum absolute atomic E-state index is 0.102. The molecule has 4 aromatic rings. The van der Waals surface area contributed by atoms with E-state index < -0.39 is 11.5 Å². The normalized spacial score (nSPS) is 18.9. The summed E-state index contributed by atoms with van der Waals surface area (Å²) in [7, 11) is 0. The topological polar surface area (TPSA) is 74.6 Å². The Kier molecular flexibility index (Phi) is 8.99. The largest absolute Gasteiger partial charge is 0.355 e. The van der Waals surface area contributed by atoms with E-state index in [2.05, 4.69) is 31.4 Å². The van der Waals surface area contributed by atoms with Gasteiger partial charge in [-0.1, -0.05) is 62.4 Å². The van der Waals surface area contributed by atoms with Crippen LogP contribution in [0.3, 0.4) is 0 Å². The minimum atomic E-state index is -0.475. The van der Waals surface area contributed by atoms with Crippen molar-refractivity contribution in [2.24, 2.45) is 0 Å². The molecule has 0 saturated carbocycles. The molecule has 6 rings (SSSR count). The van der Waals surface area contributed by atoms with Crippen LogP contribution in [0.15, 0.2) is 66.0 Å².